The molecule has 0 unspecified atom stereocenters. The molecule has 1 heterocycles. The van der Waals surface area contributed by atoms with E-state index in [0.717, 1.165) is 0 Å². The van der Waals surface area contributed by atoms with Crippen molar-refractivity contribution in [2.75, 3.05) is 5.32 Å². The van der Waals surface area contributed by atoms with Crippen LogP contribution in [0.25, 0.3) is 0 Å². The van der Waals surface area contributed by atoms with E-state index in [0.29, 0.717) is 11.4 Å². The summed E-state index contributed by atoms with van der Waals surface area (Å²) in [5.41, 5.74) is 1.02. The van der Waals surface area contributed by atoms with Crippen LogP contribution in [0.1, 0.15) is 10.4 Å². The van der Waals surface area contributed by atoms with E-state index >= 15 is 0 Å². The Morgan fingerprint density at radius 3 is 2.53 bits per heavy atom. The predicted molar refractivity (Wildman–Crippen MR) is 73.7 cm³/mol. The van der Waals surface area contributed by atoms with E-state index in [1.54, 1.807) is 6.07 Å². The molecular weight excluding hydrogens is 312 g/mol. The molecule has 0 saturated heterocycles. The van der Waals surface area contributed by atoms with E-state index in [2.05, 4.69) is 15.5 Å². The molecule has 5 nitrogen and oxygen atoms in total. The molecule has 0 amide bonds. The Hall–Kier alpha value is -1.56. The van der Waals surface area contributed by atoms with Crippen LogP contribution >= 0.6 is 34.8 Å². The summed E-state index contributed by atoms with van der Waals surface area (Å²) < 4.78 is 0. The highest BCUT2D eigenvalue weighted by Crippen LogP contribution is 2.27. The number of anilines is 2. The number of hydrogen-bond acceptors (Lipinski definition) is 4. The summed E-state index contributed by atoms with van der Waals surface area (Å²) in [6, 6.07) is 5.91. The molecule has 8 heteroatoms. The first-order valence-electron chi connectivity index (χ1n) is 4.96. The Labute approximate surface area is 123 Å². The summed E-state index contributed by atoms with van der Waals surface area (Å²) in [6.07, 6.45) is 0. The maximum absolute atomic E-state index is 10.8. The molecule has 0 spiro atoms. The zero-order valence-electron chi connectivity index (χ0n) is 9.19. The Morgan fingerprint density at radius 2 is 1.89 bits per heavy atom. The number of aromatic nitrogens is 2. The van der Waals surface area contributed by atoms with Gasteiger partial charge >= 0.3 is 5.97 Å². The minimum atomic E-state index is -1.09. The molecule has 0 aliphatic carbocycles. The fourth-order valence-electron chi connectivity index (χ4n) is 1.36. The number of carboxylic acid groups (broad SMARTS) is 1. The second-order valence-electron chi connectivity index (χ2n) is 3.50. The van der Waals surface area contributed by atoms with Gasteiger partial charge in [0.15, 0.2) is 10.3 Å². The van der Waals surface area contributed by atoms with Crippen LogP contribution in [-0.2, 0) is 0 Å². The average molecular weight is 319 g/mol. The van der Waals surface area contributed by atoms with Crippen molar-refractivity contribution < 1.29 is 9.90 Å². The van der Waals surface area contributed by atoms with Crippen LogP contribution in [0, 0.1) is 0 Å². The number of aromatic carboxylic acids is 1. The number of hydrogen-bond donors (Lipinski definition) is 2. The van der Waals surface area contributed by atoms with Gasteiger partial charge in [0.1, 0.15) is 0 Å². The van der Waals surface area contributed by atoms with Crippen LogP contribution in [-0.4, -0.2) is 21.3 Å². The third-order valence-corrected chi connectivity index (χ3v) is 2.97. The van der Waals surface area contributed by atoms with Gasteiger partial charge in [0.25, 0.3) is 0 Å². The average Bonchev–Trinajstić information content (AvgIpc) is 2.33. The highest BCUT2D eigenvalue weighted by atomic mass is 35.5. The van der Waals surface area contributed by atoms with Crippen molar-refractivity contribution in [3.8, 4) is 0 Å². The molecule has 2 rings (SSSR count). The minimum Gasteiger partial charge on any atom is -0.478 e. The van der Waals surface area contributed by atoms with Crippen molar-refractivity contribution >= 4 is 52.1 Å². The molecule has 0 aliphatic rings. The van der Waals surface area contributed by atoms with Gasteiger partial charge in [-0.25, -0.2) is 4.79 Å². The van der Waals surface area contributed by atoms with Crippen LogP contribution < -0.4 is 5.32 Å². The minimum absolute atomic E-state index is 0.0178. The number of nitrogens with one attached hydrogen (secondary N) is 1. The standard InChI is InChI=1S/C11H6Cl3N3O2/c12-7-3-5(1-2-6(7)11(18)19)15-8-4-9(13)16-17-10(8)14/h1-4H,(H,15,16)(H,18,19). The Balaban J connectivity index is 2.31. The summed E-state index contributed by atoms with van der Waals surface area (Å²) in [7, 11) is 0. The van der Waals surface area contributed by atoms with Crippen molar-refractivity contribution in [2.45, 2.75) is 0 Å². The first-order valence-corrected chi connectivity index (χ1v) is 6.09. The van der Waals surface area contributed by atoms with Crippen molar-refractivity contribution in [1.82, 2.24) is 10.2 Å². The number of benzene rings is 1. The second-order valence-corrected chi connectivity index (χ2v) is 4.65. The van der Waals surface area contributed by atoms with Crippen molar-refractivity contribution in [1.29, 1.82) is 0 Å². The van der Waals surface area contributed by atoms with Gasteiger partial charge in [-0.1, -0.05) is 34.8 Å². The quantitative estimate of drug-likeness (QED) is 0.898. The fourth-order valence-corrected chi connectivity index (χ4v) is 1.91. The van der Waals surface area contributed by atoms with E-state index in [1.807, 2.05) is 0 Å². The molecule has 98 valence electrons. The van der Waals surface area contributed by atoms with Crippen LogP contribution in [0.2, 0.25) is 15.3 Å². The molecule has 0 radical (unpaired) electrons. The number of carboxylic acids is 1. The molecule has 1 aromatic heterocycles. The smallest absolute Gasteiger partial charge is 0.337 e. The third kappa shape index (κ3) is 3.26. The number of carbonyl (C=O) groups is 1. The van der Waals surface area contributed by atoms with Gasteiger partial charge in [-0.05, 0) is 18.2 Å². The Bertz CT molecular complexity index is 649. The monoisotopic (exact) mass is 317 g/mol. The zero-order chi connectivity index (χ0) is 14.0. The summed E-state index contributed by atoms with van der Waals surface area (Å²) >= 11 is 17.4. The molecule has 2 N–H and O–H groups in total. The van der Waals surface area contributed by atoms with E-state index in [4.69, 9.17) is 39.9 Å². The van der Waals surface area contributed by atoms with Crippen LogP contribution in [0.5, 0.6) is 0 Å². The van der Waals surface area contributed by atoms with Gasteiger partial charge in [-0.15, -0.1) is 10.2 Å². The van der Waals surface area contributed by atoms with E-state index < -0.39 is 5.97 Å². The molecule has 0 atom stereocenters. The fraction of sp³-hybridized carbons (Fsp3) is 0. The maximum atomic E-state index is 10.8. The molecule has 1 aromatic carbocycles. The molecule has 0 aliphatic heterocycles. The lowest BCUT2D eigenvalue weighted by Gasteiger charge is -2.08. The Morgan fingerprint density at radius 1 is 1.16 bits per heavy atom. The summed E-state index contributed by atoms with van der Waals surface area (Å²) in [5.74, 6) is -1.09. The lowest BCUT2D eigenvalue weighted by Crippen LogP contribution is -1.99. The van der Waals surface area contributed by atoms with E-state index in [-0.39, 0.29) is 20.9 Å². The van der Waals surface area contributed by atoms with Gasteiger partial charge in [0, 0.05) is 11.8 Å². The van der Waals surface area contributed by atoms with E-state index in [1.165, 1.54) is 18.2 Å². The number of rotatable bonds is 3. The summed E-state index contributed by atoms with van der Waals surface area (Å²) in [6.45, 7) is 0. The van der Waals surface area contributed by atoms with Crippen molar-refractivity contribution in [3.05, 3.63) is 45.2 Å². The number of halogens is 3. The second kappa shape index (κ2) is 5.61. The summed E-state index contributed by atoms with van der Waals surface area (Å²) in [5, 5.41) is 19.4. The lowest BCUT2D eigenvalue weighted by molar-refractivity contribution is 0.0697. The van der Waals surface area contributed by atoms with Gasteiger partial charge in [-0.3, -0.25) is 0 Å². The topological polar surface area (TPSA) is 75.1 Å². The SMILES string of the molecule is O=C(O)c1ccc(Nc2cc(Cl)nnc2Cl)cc1Cl. The van der Waals surface area contributed by atoms with Gasteiger partial charge in [0.05, 0.1) is 16.3 Å². The molecule has 0 saturated carbocycles. The molecule has 19 heavy (non-hydrogen) atoms. The highest BCUT2D eigenvalue weighted by Gasteiger charge is 2.10. The molecule has 0 bridgehead atoms. The molecule has 0 fully saturated rings. The molecular formula is C11H6Cl3N3O2. The van der Waals surface area contributed by atoms with Crippen LogP contribution in [0.15, 0.2) is 24.3 Å². The van der Waals surface area contributed by atoms with E-state index in [9.17, 15) is 4.79 Å². The largest absolute Gasteiger partial charge is 0.478 e. The number of nitrogens with zero attached hydrogens (tertiary/aromatic N) is 2. The van der Waals surface area contributed by atoms with Crippen molar-refractivity contribution in [2.24, 2.45) is 0 Å². The van der Waals surface area contributed by atoms with Crippen LogP contribution in [0.4, 0.5) is 11.4 Å². The maximum Gasteiger partial charge on any atom is 0.337 e. The first kappa shape index (κ1) is 13.9. The Kier molecular flexibility index (Phi) is 4.09. The summed E-state index contributed by atoms with van der Waals surface area (Å²) in [4.78, 5) is 10.8. The molecule has 2 aromatic rings. The lowest BCUT2D eigenvalue weighted by atomic mass is 10.2. The third-order valence-electron chi connectivity index (χ3n) is 2.20. The normalized spacial score (nSPS) is 10.3. The first-order chi connectivity index (χ1) is 8.97. The zero-order valence-corrected chi connectivity index (χ0v) is 11.5. The van der Waals surface area contributed by atoms with Gasteiger partial charge in [0.2, 0.25) is 0 Å². The van der Waals surface area contributed by atoms with Gasteiger partial charge in [-0.2, -0.15) is 0 Å². The van der Waals surface area contributed by atoms with Crippen molar-refractivity contribution in [3.63, 3.8) is 0 Å². The highest BCUT2D eigenvalue weighted by molar-refractivity contribution is 6.34. The van der Waals surface area contributed by atoms with Gasteiger partial charge < -0.3 is 10.4 Å². The predicted octanol–water partition coefficient (Wildman–Crippen LogP) is 3.88. The van der Waals surface area contributed by atoms with Crippen LogP contribution in [0.3, 0.4) is 0 Å².